The first-order valence-electron chi connectivity index (χ1n) is 8.58. The molecule has 0 amide bonds. The Hall–Kier alpha value is -0.120. The first kappa shape index (κ1) is 16.3. The Labute approximate surface area is 125 Å². The molecular weight excluding hydrogens is 248 g/mol. The van der Waals surface area contributed by atoms with Crippen molar-refractivity contribution in [1.82, 2.24) is 4.90 Å². The molecule has 1 unspecified atom stereocenters. The molecule has 1 saturated heterocycles. The Kier molecular flexibility index (Phi) is 5.49. The van der Waals surface area contributed by atoms with Crippen molar-refractivity contribution < 1.29 is 4.74 Å². The van der Waals surface area contributed by atoms with Crippen molar-refractivity contribution in [1.29, 1.82) is 0 Å². The van der Waals surface area contributed by atoms with Crippen LogP contribution in [0.2, 0.25) is 0 Å². The van der Waals surface area contributed by atoms with E-state index >= 15 is 0 Å². The summed E-state index contributed by atoms with van der Waals surface area (Å²) in [6.07, 6.45) is 9.17. The minimum Gasteiger partial charge on any atom is -0.377 e. The molecule has 1 atom stereocenters. The van der Waals surface area contributed by atoms with Gasteiger partial charge in [0.2, 0.25) is 0 Å². The average Bonchev–Trinajstić information content (AvgIpc) is 2.46. The number of likely N-dealkylation sites (tertiary alicyclic amines) is 1. The predicted molar refractivity (Wildman–Crippen MR) is 84.9 cm³/mol. The third-order valence-electron chi connectivity index (χ3n) is 5.52. The molecule has 118 valence electrons. The maximum absolute atomic E-state index is 6.22. The smallest absolute Gasteiger partial charge is 0.0702 e. The number of piperidine rings is 1. The van der Waals surface area contributed by atoms with E-state index in [9.17, 15) is 0 Å². The summed E-state index contributed by atoms with van der Waals surface area (Å²) >= 11 is 0. The van der Waals surface area contributed by atoms with E-state index in [1.54, 1.807) is 0 Å². The predicted octanol–water partition coefficient (Wildman–Crippen LogP) is 3.18. The van der Waals surface area contributed by atoms with Crippen LogP contribution in [0, 0.1) is 5.41 Å². The minimum absolute atomic E-state index is 0.254. The van der Waals surface area contributed by atoms with E-state index in [4.69, 9.17) is 10.5 Å². The average molecular weight is 282 g/mol. The van der Waals surface area contributed by atoms with E-state index < -0.39 is 0 Å². The molecule has 3 nitrogen and oxygen atoms in total. The zero-order chi connectivity index (χ0) is 14.6. The molecule has 1 saturated carbocycles. The molecule has 2 N–H and O–H groups in total. The van der Waals surface area contributed by atoms with E-state index in [-0.39, 0.29) is 5.54 Å². The number of rotatable bonds is 5. The fourth-order valence-corrected chi connectivity index (χ4v) is 3.83. The molecule has 2 fully saturated rings. The number of nitrogens with two attached hydrogens (primary N) is 1. The first-order chi connectivity index (χ1) is 9.51. The zero-order valence-corrected chi connectivity index (χ0v) is 13.8. The van der Waals surface area contributed by atoms with Crippen molar-refractivity contribution in [2.24, 2.45) is 11.1 Å². The molecule has 0 aromatic carbocycles. The lowest BCUT2D eigenvalue weighted by Crippen LogP contribution is -2.60. The third kappa shape index (κ3) is 3.75. The summed E-state index contributed by atoms with van der Waals surface area (Å²) in [7, 11) is 0. The van der Waals surface area contributed by atoms with Gasteiger partial charge in [-0.2, -0.15) is 0 Å². The van der Waals surface area contributed by atoms with Gasteiger partial charge in [0.25, 0.3) is 0 Å². The summed E-state index contributed by atoms with van der Waals surface area (Å²) in [5.74, 6) is 0. The van der Waals surface area contributed by atoms with Crippen molar-refractivity contribution in [3.05, 3.63) is 0 Å². The topological polar surface area (TPSA) is 38.5 Å². The van der Waals surface area contributed by atoms with Crippen LogP contribution in [0.15, 0.2) is 0 Å². The van der Waals surface area contributed by atoms with Crippen LogP contribution in [-0.2, 0) is 4.74 Å². The van der Waals surface area contributed by atoms with Gasteiger partial charge in [-0.25, -0.2) is 0 Å². The Morgan fingerprint density at radius 2 is 1.90 bits per heavy atom. The minimum atomic E-state index is 0.254. The van der Waals surface area contributed by atoms with E-state index in [1.165, 1.54) is 45.1 Å². The molecule has 0 aromatic rings. The SMILES string of the molecule is CCCOC1CCCN(C2(CN)CCC(C)(C)CC2)C1. The van der Waals surface area contributed by atoms with Gasteiger partial charge < -0.3 is 10.5 Å². The summed E-state index contributed by atoms with van der Waals surface area (Å²) in [6.45, 7) is 11.0. The lowest BCUT2D eigenvalue weighted by atomic mass is 9.68. The van der Waals surface area contributed by atoms with Crippen molar-refractivity contribution in [3.63, 3.8) is 0 Å². The highest BCUT2D eigenvalue weighted by atomic mass is 16.5. The van der Waals surface area contributed by atoms with E-state index in [1.807, 2.05) is 0 Å². The van der Waals surface area contributed by atoms with Crippen LogP contribution in [0.1, 0.15) is 65.7 Å². The van der Waals surface area contributed by atoms with Gasteiger partial charge in [0.05, 0.1) is 6.10 Å². The van der Waals surface area contributed by atoms with E-state index in [0.717, 1.165) is 26.1 Å². The maximum atomic E-state index is 6.22. The molecule has 2 aliphatic rings. The van der Waals surface area contributed by atoms with Gasteiger partial charge in [0.15, 0.2) is 0 Å². The molecule has 20 heavy (non-hydrogen) atoms. The monoisotopic (exact) mass is 282 g/mol. The van der Waals surface area contributed by atoms with Gasteiger partial charge in [-0.05, 0) is 56.9 Å². The second kappa shape index (κ2) is 6.76. The summed E-state index contributed by atoms with van der Waals surface area (Å²) in [6, 6.07) is 0. The van der Waals surface area contributed by atoms with Crippen LogP contribution >= 0.6 is 0 Å². The molecule has 1 aliphatic heterocycles. The standard InChI is InChI=1S/C17H34N2O/c1-4-12-20-15-6-5-11-19(13-15)17(14-18)9-7-16(2,3)8-10-17/h15H,4-14,18H2,1-3H3. The van der Waals surface area contributed by atoms with Crippen LogP contribution in [-0.4, -0.2) is 42.8 Å². The molecule has 0 bridgehead atoms. The van der Waals surface area contributed by atoms with Crippen molar-refractivity contribution >= 4 is 0 Å². The fourth-order valence-electron chi connectivity index (χ4n) is 3.83. The molecule has 0 aromatic heterocycles. The third-order valence-corrected chi connectivity index (χ3v) is 5.52. The number of ether oxygens (including phenoxy) is 1. The second-order valence-electron chi connectivity index (χ2n) is 7.67. The highest BCUT2D eigenvalue weighted by Gasteiger charge is 2.43. The summed E-state index contributed by atoms with van der Waals surface area (Å²) in [4.78, 5) is 2.67. The van der Waals surface area contributed by atoms with Crippen LogP contribution < -0.4 is 5.73 Å². The zero-order valence-electron chi connectivity index (χ0n) is 13.8. The lowest BCUT2D eigenvalue weighted by Gasteiger charge is -2.52. The largest absolute Gasteiger partial charge is 0.377 e. The van der Waals surface area contributed by atoms with Gasteiger partial charge in [-0.15, -0.1) is 0 Å². The van der Waals surface area contributed by atoms with Crippen molar-refractivity contribution in [2.75, 3.05) is 26.2 Å². The quantitative estimate of drug-likeness (QED) is 0.841. The van der Waals surface area contributed by atoms with E-state index in [0.29, 0.717) is 11.5 Å². The van der Waals surface area contributed by atoms with Crippen molar-refractivity contribution in [2.45, 2.75) is 77.4 Å². The molecule has 0 spiro atoms. The first-order valence-corrected chi connectivity index (χ1v) is 8.58. The maximum Gasteiger partial charge on any atom is 0.0702 e. The molecule has 2 rings (SSSR count). The molecule has 0 radical (unpaired) electrons. The Morgan fingerprint density at radius 1 is 1.20 bits per heavy atom. The normalized spacial score (nSPS) is 30.3. The summed E-state index contributed by atoms with van der Waals surface area (Å²) < 4.78 is 6.00. The fraction of sp³-hybridized carbons (Fsp3) is 1.00. The van der Waals surface area contributed by atoms with E-state index in [2.05, 4.69) is 25.7 Å². The van der Waals surface area contributed by atoms with Gasteiger partial charge in [0.1, 0.15) is 0 Å². The molecule has 3 heteroatoms. The number of hydrogen-bond donors (Lipinski definition) is 1. The highest BCUT2D eigenvalue weighted by Crippen LogP contribution is 2.43. The van der Waals surface area contributed by atoms with Crippen LogP contribution in [0.5, 0.6) is 0 Å². The van der Waals surface area contributed by atoms with Crippen LogP contribution in [0.25, 0.3) is 0 Å². The van der Waals surface area contributed by atoms with Gasteiger partial charge in [-0.1, -0.05) is 20.8 Å². The van der Waals surface area contributed by atoms with Gasteiger partial charge >= 0.3 is 0 Å². The van der Waals surface area contributed by atoms with Gasteiger partial charge in [-0.3, -0.25) is 4.90 Å². The summed E-state index contributed by atoms with van der Waals surface area (Å²) in [5.41, 5.74) is 6.98. The highest BCUT2D eigenvalue weighted by molar-refractivity contribution is 4.99. The molecule has 1 heterocycles. The second-order valence-corrected chi connectivity index (χ2v) is 7.67. The van der Waals surface area contributed by atoms with Crippen LogP contribution in [0.3, 0.4) is 0 Å². The number of hydrogen-bond acceptors (Lipinski definition) is 3. The Morgan fingerprint density at radius 3 is 2.50 bits per heavy atom. The number of nitrogens with zero attached hydrogens (tertiary/aromatic N) is 1. The molecule has 1 aliphatic carbocycles. The Bertz CT molecular complexity index is 293. The van der Waals surface area contributed by atoms with Gasteiger partial charge in [0, 0.05) is 25.2 Å². The van der Waals surface area contributed by atoms with Crippen LogP contribution in [0.4, 0.5) is 0 Å². The lowest BCUT2D eigenvalue weighted by molar-refractivity contribution is -0.0557. The van der Waals surface area contributed by atoms with Crippen molar-refractivity contribution in [3.8, 4) is 0 Å². The molecular formula is C17H34N2O. The summed E-state index contributed by atoms with van der Waals surface area (Å²) in [5, 5.41) is 0. The Balaban J connectivity index is 1.96.